The molecule has 0 heterocycles. The van der Waals surface area contributed by atoms with E-state index in [4.69, 9.17) is 10.8 Å². The van der Waals surface area contributed by atoms with E-state index >= 15 is 0 Å². The van der Waals surface area contributed by atoms with Crippen LogP contribution in [0.1, 0.15) is 5.56 Å². The standard InChI is InChI=1S/C12H14N2O3/c13-12(17)10(15)8-14-11(16)7-6-9-4-2-1-3-5-9/h1-7,10,15H,8H2,(H2,13,17)(H,14,16)/b7-6+. The van der Waals surface area contributed by atoms with Gasteiger partial charge in [-0.1, -0.05) is 30.3 Å². The molecule has 0 fully saturated rings. The molecule has 0 aliphatic rings. The summed E-state index contributed by atoms with van der Waals surface area (Å²) < 4.78 is 0. The van der Waals surface area contributed by atoms with Crippen LogP contribution in [0.4, 0.5) is 0 Å². The van der Waals surface area contributed by atoms with Gasteiger partial charge in [-0.15, -0.1) is 0 Å². The zero-order valence-corrected chi connectivity index (χ0v) is 9.17. The Morgan fingerprint density at radius 3 is 2.59 bits per heavy atom. The number of carbonyl (C=O) groups excluding carboxylic acids is 2. The molecule has 17 heavy (non-hydrogen) atoms. The van der Waals surface area contributed by atoms with Gasteiger partial charge in [0.25, 0.3) is 0 Å². The molecule has 0 bridgehead atoms. The largest absolute Gasteiger partial charge is 0.381 e. The Balaban J connectivity index is 2.40. The second-order valence-corrected chi connectivity index (χ2v) is 3.41. The minimum atomic E-state index is -1.36. The number of aliphatic hydroxyl groups excluding tert-OH is 1. The van der Waals surface area contributed by atoms with E-state index in [2.05, 4.69) is 5.32 Å². The molecule has 1 aromatic carbocycles. The molecule has 2 amide bonds. The van der Waals surface area contributed by atoms with Crippen molar-refractivity contribution >= 4 is 17.9 Å². The summed E-state index contributed by atoms with van der Waals surface area (Å²) >= 11 is 0. The van der Waals surface area contributed by atoms with Crippen molar-refractivity contribution in [3.05, 3.63) is 42.0 Å². The van der Waals surface area contributed by atoms with Crippen molar-refractivity contribution in [3.63, 3.8) is 0 Å². The Bertz CT molecular complexity index is 415. The second kappa shape index (κ2) is 6.44. The average molecular weight is 234 g/mol. The molecule has 1 rings (SSSR count). The van der Waals surface area contributed by atoms with Gasteiger partial charge in [-0.2, -0.15) is 0 Å². The fourth-order valence-electron chi connectivity index (χ4n) is 1.09. The highest BCUT2D eigenvalue weighted by Gasteiger charge is 2.10. The molecule has 1 unspecified atom stereocenters. The molecule has 0 spiro atoms. The van der Waals surface area contributed by atoms with Gasteiger partial charge in [0.1, 0.15) is 6.10 Å². The fraction of sp³-hybridized carbons (Fsp3) is 0.167. The summed E-state index contributed by atoms with van der Waals surface area (Å²) in [6.45, 7) is -0.187. The lowest BCUT2D eigenvalue weighted by atomic mass is 10.2. The molecule has 1 aromatic rings. The molecule has 4 N–H and O–H groups in total. The van der Waals surface area contributed by atoms with Crippen molar-refractivity contribution in [2.75, 3.05) is 6.54 Å². The lowest BCUT2D eigenvalue weighted by Crippen LogP contribution is -2.39. The molecule has 90 valence electrons. The molecule has 0 saturated carbocycles. The normalized spacial score (nSPS) is 12.3. The van der Waals surface area contributed by atoms with Crippen molar-refractivity contribution in [1.29, 1.82) is 0 Å². The third kappa shape index (κ3) is 4.94. The molecular formula is C12H14N2O3. The van der Waals surface area contributed by atoms with Crippen molar-refractivity contribution in [2.45, 2.75) is 6.10 Å². The molecule has 0 aliphatic carbocycles. The molecule has 5 nitrogen and oxygen atoms in total. The van der Waals surface area contributed by atoms with Gasteiger partial charge < -0.3 is 16.2 Å². The van der Waals surface area contributed by atoms with Crippen LogP contribution in [-0.2, 0) is 9.59 Å². The number of amides is 2. The number of nitrogens with two attached hydrogens (primary N) is 1. The van der Waals surface area contributed by atoms with Gasteiger partial charge in [0.05, 0.1) is 6.54 Å². The van der Waals surface area contributed by atoms with E-state index in [0.717, 1.165) is 5.56 Å². The quantitative estimate of drug-likeness (QED) is 0.609. The van der Waals surface area contributed by atoms with Crippen LogP contribution in [0.2, 0.25) is 0 Å². The summed E-state index contributed by atoms with van der Waals surface area (Å²) in [6.07, 6.45) is 1.60. The highest BCUT2D eigenvalue weighted by molar-refractivity contribution is 5.92. The third-order valence-electron chi connectivity index (χ3n) is 2.02. The summed E-state index contributed by atoms with van der Waals surface area (Å²) in [4.78, 5) is 21.8. The SMILES string of the molecule is NC(=O)C(O)CNC(=O)/C=C/c1ccccc1. The Hall–Kier alpha value is -2.14. The molecule has 0 radical (unpaired) electrons. The van der Waals surface area contributed by atoms with Crippen LogP contribution in [-0.4, -0.2) is 29.6 Å². The van der Waals surface area contributed by atoms with Gasteiger partial charge in [-0.05, 0) is 11.6 Å². The van der Waals surface area contributed by atoms with Gasteiger partial charge in [0, 0.05) is 6.08 Å². The van der Waals surface area contributed by atoms with Crippen LogP contribution in [0.5, 0.6) is 0 Å². The Kier molecular flexibility index (Phi) is 4.90. The molecular weight excluding hydrogens is 220 g/mol. The number of carbonyl (C=O) groups is 2. The van der Waals surface area contributed by atoms with Crippen LogP contribution in [0.25, 0.3) is 6.08 Å². The number of aliphatic hydroxyl groups is 1. The summed E-state index contributed by atoms with van der Waals surface area (Å²) in [5, 5.41) is 11.4. The van der Waals surface area contributed by atoms with Crippen molar-refractivity contribution in [2.24, 2.45) is 5.73 Å². The van der Waals surface area contributed by atoms with Gasteiger partial charge in [0.2, 0.25) is 11.8 Å². The highest BCUT2D eigenvalue weighted by Crippen LogP contribution is 2.00. The number of primary amides is 1. The van der Waals surface area contributed by atoms with Gasteiger partial charge in [-0.3, -0.25) is 9.59 Å². The van der Waals surface area contributed by atoms with Gasteiger partial charge in [-0.25, -0.2) is 0 Å². The lowest BCUT2D eigenvalue weighted by Gasteiger charge is -2.05. The molecule has 5 heteroatoms. The van der Waals surface area contributed by atoms with E-state index in [-0.39, 0.29) is 6.54 Å². The predicted molar refractivity (Wildman–Crippen MR) is 63.7 cm³/mol. The monoisotopic (exact) mass is 234 g/mol. The number of nitrogens with one attached hydrogen (secondary N) is 1. The molecule has 1 atom stereocenters. The number of hydrogen-bond donors (Lipinski definition) is 3. The van der Waals surface area contributed by atoms with Crippen LogP contribution < -0.4 is 11.1 Å². The zero-order valence-electron chi connectivity index (χ0n) is 9.17. The number of rotatable bonds is 5. The van der Waals surface area contributed by atoms with Crippen molar-refractivity contribution in [3.8, 4) is 0 Å². The first kappa shape index (κ1) is 12.9. The Labute approximate surface area is 98.9 Å². The minimum absolute atomic E-state index is 0.187. The Morgan fingerprint density at radius 1 is 1.35 bits per heavy atom. The lowest BCUT2D eigenvalue weighted by molar-refractivity contribution is -0.126. The third-order valence-corrected chi connectivity index (χ3v) is 2.02. The molecule has 0 aromatic heterocycles. The first-order valence-corrected chi connectivity index (χ1v) is 5.08. The van der Waals surface area contributed by atoms with Crippen LogP contribution in [0.3, 0.4) is 0 Å². The maximum absolute atomic E-state index is 11.3. The zero-order chi connectivity index (χ0) is 12.7. The minimum Gasteiger partial charge on any atom is -0.381 e. The van der Waals surface area contributed by atoms with E-state index in [1.807, 2.05) is 30.3 Å². The smallest absolute Gasteiger partial charge is 0.248 e. The first-order valence-electron chi connectivity index (χ1n) is 5.08. The maximum Gasteiger partial charge on any atom is 0.248 e. The van der Waals surface area contributed by atoms with E-state index in [1.165, 1.54) is 6.08 Å². The Morgan fingerprint density at radius 2 is 2.00 bits per heavy atom. The maximum atomic E-state index is 11.3. The van der Waals surface area contributed by atoms with E-state index < -0.39 is 17.9 Å². The van der Waals surface area contributed by atoms with Crippen LogP contribution >= 0.6 is 0 Å². The fourth-order valence-corrected chi connectivity index (χ4v) is 1.09. The molecule has 0 aliphatic heterocycles. The summed E-state index contributed by atoms with van der Waals surface area (Å²) in [6, 6.07) is 9.29. The van der Waals surface area contributed by atoms with Crippen LogP contribution in [0.15, 0.2) is 36.4 Å². The van der Waals surface area contributed by atoms with Gasteiger partial charge in [0.15, 0.2) is 0 Å². The van der Waals surface area contributed by atoms with Crippen LogP contribution in [0, 0.1) is 0 Å². The summed E-state index contributed by atoms with van der Waals surface area (Å²) in [5.74, 6) is -1.26. The van der Waals surface area contributed by atoms with E-state index in [1.54, 1.807) is 6.08 Å². The van der Waals surface area contributed by atoms with Crippen molar-refractivity contribution < 1.29 is 14.7 Å². The average Bonchev–Trinajstić information content (AvgIpc) is 2.34. The predicted octanol–water partition coefficient (Wildman–Crippen LogP) is -0.338. The van der Waals surface area contributed by atoms with E-state index in [9.17, 15) is 9.59 Å². The molecule has 0 saturated heterocycles. The summed E-state index contributed by atoms with van der Waals surface area (Å²) in [5.41, 5.74) is 5.72. The first-order chi connectivity index (χ1) is 8.09. The summed E-state index contributed by atoms with van der Waals surface area (Å²) in [7, 11) is 0. The number of hydrogen-bond acceptors (Lipinski definition) is 3. The highest BCUT2D eigenvalue weighted by atomic mass is 16.3. The number of benzene rings is 1. The van der Waals surface area contributed by atoms with Crippen molar-refractivity contribution in [1.82, 2.24) is 5.32 Å². The van der Waals surface area contributed by atoms with E-state index in [0.29, 0.717) is 0 Å². The topological polar surface area (TPSA) is 92.4 Å². The second-order valence-electron chi connectivity index (χ2n) is 3.41. The van der Waals surface area contributed by atoms with Gasteiger partial charge >= 0.3 is 0 Å².